The molecule has 0 aliphatic rings. The maximum atomic E-state index is 11.3. The van der Waals surface area contributed by atoms with Gasteiger partial charge in [-0.1, -0.05) is 34.1 Å². The first-order valence-corrected chi connectivity index (χ1v) is 6.71. The van der Waals surface area contributed by atoms with Crippen molar-refractivity contribution in [3.63, 3.8) is 0 Å². The van der Waals surface area contributed by atoms with Crippen molar-refractivity contribution >= 4 is 10.1 Å². The third-order valence-electron chi connectivity index (χ3n) is 2.13. The van der Waals surface area contributed by atoms with Crippen molar-refractivity contribution in [1.29, 1.82) is 0 Å². The van der Waals surface area contributed by atoms with E-state index in [2.05, 4.69) is 0 Å². The molecule has 0 radical (unpaired) electrons. The van der Waals surface area contributed by atoms with E-state index in [1.807, 2.05) is 27.7 Å². The van der Waals surface area contributed by atoms with Gasteiger partial charge in [0.2, 0.25) is 0 Å². The van der Waals surface area contributed by atoms with Crippen LogP contribution in [0.5, 0.6) is 0 Å². The van der Waals surface area contributed by atoms with Gasteiger partial charge in [0.25, 0.3) is 10.1 Å². The minimum absolute atomic E-state index is 0.0449. The van der Waals surface area contributed by atoms with E-state index in [4.69, 9.17) is 4.18 Å². The minimum Gasteiger partial charge on any atom is -0.266 e. The molecule has 0 fully saturated rings. The molecular formula is C10H22O3S. The fourth-order valence-electron chi connectivity index (χ4n) is 1.13. The van der Waals surface area contributed by atoms with Crippen LogP contribution in [0.25, 0.3) is 0 Å². The lowest BCUT2D eigenvalue weighted by molar-refractivity contribution is 0.0847. The van der Waals surface area contributed by atoms with Gasteiger partial charge in [-0.15, -0.1) is 0 Å². The molecule has 0 aromatic rings. The summed E-state index contributed by atoms with van der Waals surface area (Å²) in [6, 6.07) is 0. The van der Waals surface area contributed by atoms with Gasteiger partial charge in [0.1, 0.15) is 0 Å². The Morgan fingerprint density at radius 2 is 1.71 bits per heavy atom. The highest BCUT2D eigenvalue weighted by Crippen LogP contribution is 2.27. The van der Waals surface area contributed by atoms with E-state index in [1.165, 1.54) is 0 Å². The van der Waals surface area contributed by atoms with Gasteiger partial charge in [0, 0.05) is 0 Å². The van der Waals surface area contributed by atoms with Gasteiger partial charge in [-0.25, -0.2) is 0 Å². The zero-order valence-corrected chi connectivity index (χ0v) is 10.6. The van der Waals surface area contributed by atoms with E-state index in [-0.39, 0.29) is 17.3 Å². The smallest absolute Gasteiger partial charge is 0.266 e. The Hall–Kier alpha value is -0.0900. The summed E-state index contributed by atoms with van der Waals surface area (Å²) in [5.41, 5.74) is -0.127. The lowest BCUT2D eigenvalue weighted by Crippen LogP contribution is -2.32. The Balaban J connectivity index is 4.55. The molecule has 14 heavy (non-hydrogen) atoms. The van der Waals surface area contributed by atoms with E-state index in [9.17, 15) is 8.42 Å². The summed E-state index contributed by atoms with van der Waals surface area (Å²) < 4.78 is 27.8. The van der Waals surface area contributed by atoms with Crippen LogP contribution in [0.4, 0.5) is 0 Å². The summed E-state index contributed by atoms with van der Waals surface area (Å²) >= 11 is 0. The summed E-state index contributed by atoms with van der Waals surface area (Å²) in [5.74, 6) is 0.0449. The van der Waals surface area contributed by atoms with Crippen LogP contribution < -0.4 is 0 Å². The summed E-state index contributed by atoms with van der Waals surface area (Å²) in [6.45, 7) is 9.62. The molecular weight excluding hydrogens is 200 g/mol. The Kier molecular flexibility index (Phi) is 5.09. The average molecular weight is 222 g/mol. The molecule has 0 aliphatic carbocycles. The van der Waals surface area contributed by atoms with Crippen LogP contribution >= 0.6 is 0 Å². The highest BCUT2D eigenvalue weighted by Gasteiger charge is 2.28. The topological polar surface area (TPSA) is 43.4 Å². The van der Waals surface area contributed by atoms with Crippen molar-refractivity contribution in [2.75, 3.05) is 5.75 Å². The van der Waals surface area contributed by atoms with E-state index in [0.717, 1.165) is 12.8 Å². The largest absolute Gasteiger partial charge is 0.267 e. The first kappa shape index (κ1) is 13.9. The van der Waals surface area contributed by atoms with Gasteiger partial charge in [-0.2, -0.15) is 8.42 Å². The number of hydrogen-bond acceptors (Lipinski definition) is 3. The van der Waals surface area contributed by atoms with E-state index < -0.39 is 10.1 Å². The first-order valence-electron chi connectivity index (χ1n) is 5.14. The molecule has 0 rings (SSSR count). The second-order valence-corrected chi connectivity index (χ2v) is 6.47. The van der Waals surface area contributed by atoms with Crippen molar-refractivity contribution in [3.8, 4) is 0 Å². The Labute approximate surface area is 88.0 Å². The number of hydrogen-bond donors (Lipinski definition) is 0. The maximum Gasteiger partial charge on any atom is 0.267 e. The molecule has 0 bridgehead atoms. The predicted molar refractivity (Wildman–Crippen MR) is 58.7 cm³/mol. The van der Waals surface area contributed by atoms with Crippen molar-refractivity contribution < 1.29 is 12.6 Å². The van der Waals surface area contributed by atoms with Crippen LogP contribution in [0, 0.1) is 5.41 Å². The van der Waals surface area contributed by atoms with Crippen LogP contribution in [-0.4, -0.2) is 20.3 Å². The monoisotopic (exact) mass is 222 g/mol. The lowest BCUT2D eigenvalue weighted by Gasteiger charge is -2.29. The summed E-state index contributed by atoms with van der Waals surface area (Å²) in [5, 5.41) is 0. The Bertz CT molecular complexity index is 249. The van der Waals surface area contributed by atoms with Gasteiger partial charge in [-0.3, -0.25) is 4.18 Å². The van der Waals surface area contributed by atoms with Gasteiger partial charge in [-0.05, 0) is 18.8 Å². The zero-order valence-electron chi connectivity index (χ0n) is 9.83. The van der Waals surface area contributed by atoms with Crippen molar-refractivity contribution in [2.45, 2.75) is 53.6 Å². The molecule has 0 saturated heterocycles. The summed E-state index contributed by atoms with van der Waals surface area (Å²) in [4.78, 5) is 0. The van der Waals surface area contributed by atoms with Crippen LogP contribution in [0.1, 0.15) is 47.5 Å². The van der Waals surface area contributed by atoms with Gasteiger partial charge < -0.3 is 0 Å². The third kappa shape index (κ3) is 4.96. The molecule has 4 heteroatoms. The second-order valence-electron chi connectivity index (χ2n) is 4.59. The molecule has 0 aliphatic heterocycles. The van der Waals surface area contributed by atoms with Crippen molar-refractivity contribution in [2.24, 2.45) is 5.41 Å². The van der Waals surface area contributed by atoms with Crippen molar-refractivity contribution in [3.05, 3.63) is 0 Å². The summed E-state index contributed by atoms with van der Waals surface area (Å²) in [7, 11) is -3.32. The van der Waals surface area contributed by atoms with Gasteiger partial charge in [0.05, 0.1) is 11.9 Å². The molecule has 0 aromatic carbocycles. The van der Waals surface area contributed by atoms with Crippen LogP contribution in [0.2, 0.25) is 0 Å². The maximum absolute atomic E-state index is 11.3. The molecule has 0 saturated carbocycles. The Morgan fingerprint density at radius 1 is 1.21 bits per heavy atom. The third-order valence-corrected chi connectivity index (χ3v) is 3.37. The second kappa shape index (κ2) is 5.12. The molecule has 1 atom stereocenters. The van der Waals surface area contributed by atoms with E-state index in [1.54, 1.807) is 6.92 Å². The first-order chi connectivity index (χ1) is 6.23. The molecule has 0 heterocycles. The molecule has 0 amide bonds. The van der Waals surface area contributed by atoms with Crippen LogP contribution in [0.3, 0.4) is 0 Å². The summed E-state index contributed by atoms with van der Waals surface area (Å²) in [6.07, 6.45) is 1.50. The Morgan fingerprint density at radius 3 is 2.00 bits per heavy atom. The lowest BCUT2D eigenvalue weighted by atomic mass is 9.87. The fraction of sp³-hybridized carbons (Fsp3) is 1.00. The van der Waals surface area contributed by atoms with Crippen molar-refractivity contribution in [1.82, 2.24) is 0 Å². The standard InChI is InChI=1S/C10H22O3S/c1-6-8-9(10(3,4)5)13-14(11,12)7-2/h9H,6-8H2,1-5H3. The molecule has 0 spiro atoms. The van der Waals surface area contributed by atoms with Crippen LogP contribution in [0.15, 0.2) is 0 Å². The molecule has 0 N–H and O–H groups in total. The van der Waals surface area contributed by atoms with E-state index in [0.29, 0.717) is 0 Å². The molecule has 0 aromatic heterocycles. The zero-order chi connectivity index (χ0) is 11.4. The van der Waals surface area contributed by atoms with E-state index >= 15 is 0 Å². The normalized spacial score (nSPS) is 15.5. The van der Waals surface area contributed by atoms with Gasteiger partial charge >= 0.3 is 0 Å². The SMILES string of the molecule is CCCC(OS(=O)(=O)CC)C(C)(C)C. The average Bonchev–Trinajstić information content (AvgIpc) is 2.02. The highest BCUT2D eigenvalue weighted by atomic mass is 32.2. The molecule has 3 nitrogen and oxygen atoms in total. The fourth-order valence-corrected chi connectivity index (χ4v) is 2.01. The minimum atomic E-state index is -3.32. The van der Waals surface area contributed by atoms with Crippen LogP contribution in [-0.2, 0) is 14.3 Å². The predicted octanol–water partition coefficient (Wildman–Crippen LogP) is 2.57. The highest BCUT2D eigenvalue weighted by molar-refractivity contribution is 7.86. The quantitative estimate of drug-likeness (QED) is 0.671. The van der Waals surface area contributed by atoms with Gasteiger partial charge in [0.15, 0.2) is 0 Å². The number of rotatable bonds is 5. The molecule has 1 unspecified atom stereocenters. The molecule has 86 valence electrons.